The second-order valence-electron chi connectivity index (χ2n) is 5.95. The standard InChI is InChI=1S/C19H17BrClF3O4/c1-3-18(4-2,17(25)26)28-16-10-12(6-7-13(16)20)27-15-8-5-11(9-14(15)21)19(22,23)24/h5-10H,3-4H2,1-2H3,(H,25,26). The fourth-order valence-corrected chi connectivity index (χ4v) is 3.01. The van der Waals surface area contributed by atoms with Crippen molar-refractivity contribution in [3.8, 4) is 17.2 Å². The first-order chi connectivity index (χ1) is 13.0. The van der Waals surface area contributed by atoms with Crippen molar-refractivity contribution in [1.82, 2.24) is 0 Å². The topological polar surface area (TPSA) is 55.8 Å². The van der Waals surface area contributed by atoms with Gasteiger partial charge in [0.1, 0.15) is 17.2 Å². The van der Waals surface area contributed by atoms with E-state index in [-0.39, 0.29) is 35.1 Å². The van der Waals surface area contributed by atoms with Gasteiger partial charge in [-0.25, -0.2) is 4.79 Å². The molecule has 2 rings (SSSR count). The molecule has 0 aromatic heterocycles. The van der Waals surface area contributed by atoms with Crippen LogP contribution in [0.15, 0.2) is 40.9 Å². The van der Waals surface area contributed by atoms with Crippen LogP contribution in [0.5, 0.6) is 17.2 Å². The van der Waals surface area contributed by atoms with Gasteiger partial charge in [-0.1, -0.05) is 25.4 Å². The van der Waals surface area contributed by atoms with Gasteiger partial charge in [0.25, 0.3) is 0 Å². The van der Waals surface area contributed by atoms with Gasteiger partial charge in [-0.15, -0.1) is 0 Å². The van der Waals surface area contributed by atoms with Crippen LogP contribution in [0.3, 0.4) is 0 Å². The number of ether oxygens (including phenoxy) is 2. The third-order valence-electron chi connectivity index (χ3n) is 4.23. The summed E-state index contributed by atoms with van der Waals surface area (Å²) in [7, 11) is 0. The fraction of sp³-hybridized carbons (Fsp3) is 0.316. The molecule has 0 bridgehead atoms. The summed E-state index contributed by atoms with van der Waals surface area (Å²) in [5.74, 6) is -0.613. The number of benzene rings is 2. The molecule has 0 amide bonds. The highest BCUT2D eigenvalue weighted by Crippen LogP contribution is 2.39. The van der Waals surface area contributed by atoms with Crippen molar-refractivity contribution in [2.45, 2.75) is 38.5 Å². The largest absolute Gasteiger partial charge is 0.478 e. The highest BCUT2D eigenvalue weighted by molar-refractivity contribution is 9.10. The van der Waals surface area contributed by atoms with Crippen molar-refractivity contribution >= 4 is 33.5 Å². The lowest BCUT2D eigenvalue weighted by Gasteiger charge is -2.28. The number of carbonyl (C=O) groups is 1. The number of carboxylic acid groups (broad SMARTS) is 1. The molecule has 9 heteroatoms. The van der Waals surface area contributed by atoms with E-state index in [0.29, 0.717) is 4.47 Å². The number of carboxylic acids is 1. The second kappa shape index (κ2) is 8.61. The van der Waals surface area contributed by atoms with Gasteiger partial charge in [0.15, 0.2) is 0 Å². The normalized spacial score (nSPS) is 12.0. The summed E-state index contributed by atoms with van der Waals surface area (Å²) in [4.78, 5) is 11.7. The van der Waals surface area contributed by atoms with Crippen molar-refractivity contribution in [3.05, 3.63) is 51.5 Å². The van der Waals surface area contributed by atoms with E-state index in [4.69, 9.17) is 21.1 Å². The first kappa shape index (κ1) is 22.4. The minimum Gasteiger partial charge on any atom is -0.478 e. The molecule has 0 heterocycles. The molecule has 1 N–H and O–H groups in total. The predicted molar refractivity (Wildman–Crippen MR) is 102 cm³/mol. The molecule has 0 unspecified atom stereocenters. The van der Waals surface area contributed by atoms with Crippen molar-refractivity contribution in [1.29, 1.82) is 0 Å². The van der Waals surface area contributed by atoms with Crippen LogP contribution in [-0.4, -0.2) is 16.7 Å². The van der Waals surface area contributed by atoms with E-state index in [1.54, 1.807) is 26.0 Å². The first-order valence-electron chi connectivity index (χ1n) is 8.29. The zero-order valence-electron chi connectivity index (χ0n) is 14.9. The van der Waals surface area contributed by atoms with E-state index in [2.05, 4.69) is 15.9 Å². The molecule has 4 nitrogen and oxygen atoms in total. The fourth-order valence-electron chi connectivity index (χ4n) is 2.46. The van der Waals surface area contributed by atoms with Crippen LogP contribution in [-0.2, 0) is 11.0 Å². The van der Waals surface area contributed by atoms with E-state index in [1.165, 1.54) is 6.07 Å². The Kier molecular flexibility index (Phi) is 6.88. The Morgan fingerprint density at radius 1 is 1.11 bits per heavy atom. The monoisotopic (exact) mass is 480 g/mol. The third-order valence-corrected chi connectivity index (χ3v) is 5.18. The molecule has 152 valence electrons. The molecule has 0 aliphatic carbocycles. The van der Waals surface area contributed by atoms with E-state index < -0.39 is 23.3 Å². The van der Waals surface area contributed by atoms with Gasteiger partial charge in [0.05, 0.1) is 15.1 Å². The molecule has 2 aromatic carbocycles. The van der Waals surface area contributed by atoms with Crippen molar-refractivity contribution < 1.29 is 32.5 Å². The molecule has 0 spiro atoms. The minimum absolute atomic E-state index is 0.0263. The molecule has 0 aliphatic rings. The van der Waals surface area contributed by atoms with Gasteiger partial charge in [-0.05, 0) is 59.1 Å². The highest BCUT2D eigenvalue weighted by atomic mass is 79.9. The predicted octanol–water partition coefficient (Wildman–Crippen LogP) is 6.94. The molecular weight excluding hydrogens is 465 g/mol. The molecule has 28 heavy (non-hydrogen) atoms. The van der Waals surface area contributed by atoms with Crippen LogP contribution in [0, 0.1) is 0 Å². The highest BCUT2D eigenvalue weighted by Gasteiger charge is 2.38. The van der Waals surface area contributed by atoms with Crippen LogP contribution in [0.25, 0.3) is 0 Å². The summed E-state index contributed by atoms with van der Waals surface area (Å²) >= 11 is 9.20. The lowest BCUT2D eigenvalue weighted by Crippen LogP contribution is -2.43. The maximum atomic E-state index is 12.7. The smallest absolute Gasteiger partial charge is 0.416 e. The van der Waals surface area contributed by atoms with Gasteiger partial charge < -0.3 is 14.6 Å². The lowest BCUT2D eigenvalue weighted by atomic mass is 9.97. The average molecular weight is 482 g/mol. The van der Waals surface area contributed by atoms with Gasteiger partial charge >= 0.3 is 12.1 Å². The van der Waals surface area contributed by atoms with Crippen LogP contribution in [0.2, 0.25) is 5.02 Å². The average Bonchev–Trinajstić information content (AvgIpc) is 2.62. The van der Waals surface area contributed by atoms with Crippen molar-refractivity contribution in [3.63, 3.8) is 0 Å². The minimum atomic E-state index is -4.51. The van der Waals surface area contributed by atoms with Gasteiger partial charge in [0, 0.05) is 6.07 Å². The summed E-state index contributed by atoms with van der Waals surface area (Å²) < 4.78 is 50.1. The molecule has 0 aliphatic heterocycles. The van der Waals surface area contributed by atoms with E-state index in [0.717, 1.165) is 18.2 Å². The molecule has 0 saturated carbocycles. The summed E-state index contributed by atoms with van der Waals surface area (Å²) in [5.41, 5.74) is -2.30. The van der Waals surface area contributed by atoms with Crippen LogP contribution >= 0.6 is 27.5 Å². The van der Waals surface area contributed by atoms with Gasteiger partial charge in [0.2, 0.25) is 5.60 Å². The zero-order valence-corrected chi connectivity index (χ0v) is 17.3. The summed E-state index contributed by atoms with van der Waals surface area (Å²) in [6.45, 7) is 3.40. The van der Waals surface area contributed by atoms with E-state index in [1.807, 2.05) is 0 Å². The number of hydrogen-bond acceptors (Lipinski definition) is 3. The number of alkyl halides is 3. The maximum absolute atomic E-state index is 12.7. The van der Waals surface area contributed by atoms with Crippen molar-refractivity contribution in [2.24, 2.45) is 0 Å². The van der Waals surface area contributed by atoms with E-state index in [9.17, 15) is 23.1 Å². The Morgan fingerprint density at radius 2 is 1.75 bits per heavy atom. The first-order valence-corrected chi connectivity index (χ1v) is 9.46. The second-order valence-corrected chi connectivity index (χ2v) is 7.21. The Labute approximate surface area is 173 Å². The molecule has 2 aromatic rings. The number of aliphatic carboxylic acids is 1. The third kappa shape index (κ3) is 4.91. The lowest BCUT2D eigenvalue weighted by molar-refractivity contribution is -0.156. The molecule has 0 fully saturated rings. The Balaban J connectivity index is 2.32. The number of halogens is 5. The summed E-state index contributed by atoms with van der Waals surface area (Å²) in [6, 6.07) is 7.33. The SMILES string of the molecule is CCC(CC)(Oc1cc(Oc2ccc(C(F)(F)F)cc2Cl)ccc1Br)C(=O)O. The summed E-state index contributed by atoms with van der Waals surface area (Å²) in [5, 5.41) is 9.32. The Bertz CT molecular complexity index is 867. The number of hydrogen-bond donors (Lipinski definition) is 1. The van der Waals surface area contributed by atoms with Gasteiger partial charge in [-0.2, -0.15) is 13.2 Å². The molecule has 0 atom stereocenters. The zero-order chi connectivity index (χ0) is 21.1. The molecule has 0 radical (unpaired) electrons. The Hall–Kier alpha value is -1.93. The van der Waals surface area contributed by atoms with Gasteiger partial charge in [-0.3, -0.25) is 0 Å². The Morgan fingerprint density at radius 3 is 2.25 bits per heavy atom. The molecule has 0 saturated heterocycles. The summed E-state index contributed by atoms with van der Waals surface area (Å²) in [6.07, 6.45) is -4.04. The maximum Gasteiger partial charge on any atom is 0.416 e. The van der Waals surface area contributed by atoms with Crippen LogP contribution in [0.4, 0.5) is 13.2 Å². The number of rotatable bonds is 7. The van der Waals surface area contributed by atoms with E-state index >= 15 is 0 Å². The van der Waals surface area contributed by atoms with Crippen LogP contribution in [0.1, 0.15) is 32.3 Å². The quantitative estimate of drug-likeness (QED) is 0.465. The molecular formula is C19H17BrClF3O4. The van der Waals surface area contributed by atoms with Crippen molar-refractivity contribution in [2.75, 3.05) is 0 Å². The van der Waals surface area contributed by atoms with Crippen LogP contribution < -0.4 is 9.47 Å².